The van der Waals surface area contributed by atoms with Crippen LogP contribution in [0.5, 0.6) is 5.75 Å². The molecule has 1 heterocycles. The molecule has 3 rings (SSSR count). The third-order valence-corrected chi connectivity index (χ3v) is 6.30. The lowest BCUT2D eigenvalue weighted by molar-refractivity contribution is -0.132. The Labute approximate surface area is 137 Å². The molecule has 0 aromatic heterocycles. The molecule has 1 saturated heterocycles. The van der Waals surface area contributed by atoms with Gasteiger partial charge in [0.05, 0.1) is 12.0 Å². The van der Waals surface area contributed by atoms with E-state index in [0.29, 0.717) is 38.3 Å². The van der Waals surface area contributed by atoms with E-state index in [1.165, 1.54) is 4.31 Å². The van der Waals surface area contributed by atoms with E-state index in [1.807, 2.05) is 4.90 Å². The lowest BCUT2D eigenvalue weighted by Crippen LogP contribution is -2.37. The molecule has 6 nitrogen and oxygen atoms in total. The van der Waals surface area contributed by atoms with Crippen LogP contribution in [0.25, 0.3) is 0 Å². The highest BCUT2D eigenvalue weighted by atomic mass is 32.2. The number of carbonyl (C=O) groups excluding carboxylic acids is 1. The highest BCUT2D eigenvalue weighted by Crippen LogP contribution is 2.31. The number of hydrogen-bond acceptors (Lipinski definition) is 4. The van der Waals surface area contributed by atoms with Crippen molar-refractivity contribution in [3.05, 3.63) is 24.3 Å². The van der Waals surface area contributed by atoms with Crippen molar-refractivity contribution in [1.29, 1.82) is 0 Å². The number of ether oxygens (including phenoxy) is 1. The van der Waals surface area contributed by atoms with Gasteiger partial charge in [-0.25, -0.2) is 8.42 Å². The summed E-state index contributed by atoms with van der Waals surface area (Å²) >= 11 is 0. The van der Waals surface area contributed by atoms with Crippen molar-refractivity contribution in [3.63, 3.8) is 0 Å². The van der Waals surface area contributed by atoms with Crippen molar-refractivity contribution < 1.29 is 17.9 Å². The number of rotatable bonds is 4. The molecule has 7 heteroatoms. The van der Waals surface area contributed by atoms with Crippen LogP contribution in [0, 0.1) is 5.92 Å². The molecule has 0 bridgehead atoms. The van der Waals surface area contributed by atoms with E-state index in [4.69, 9.17) is 4.74 Å². The Hall–Kier alpha value is -1.60. The first kappa shape index (κ1) is 16.3. The second-order valence-electron chi connectivity index (χ2n) is 6.03. The van der Waals surface area contributed by atoms with Crippen molar-refractivity contribution in [2.24, 2.45) is 5.92 Å². The fraction of sp³-hybridized carbons (Fsp3) is 0.562. The van der Waals surface area contributed by atoms with Crippen LogP contribution in [0.1, 0.15) is 19.3 Å². The summed E-state index contributed by atoms with van der Waals surface area (Å²) in [7, 11) is -1.98. The molecule has 1 saturated carbocycles. The van der Waals surface area contributed by atoms with Crippen molar-refractivity contribution in [1.82, 2.24) is 9.21 Å². The molecule has 0 radical (unpaired) electrons. The molecule has 1 aromatic carbocycles. The normalized spacial score (nSPS) is 20.1. The minimum Gasteiger partial charge on any atom is -0.497 e. The van der Waals surface area contributed by atoms with Gasteiger partial charge in [-0.2, -0.15) is 4.31 Å². The first-order valence-electron chi connectivity index (χ1n) is 7.95. The molecular weight excluding hydrogens is 316 g/mol. The van der Waals surface area contributed by atoms with Crippen LogP contribution in [-0.4, -0.2) is 56.8 Å². The average Bonchev–Trinajstić information content (AvgIpc) is 3.40. The van der Waals surface area contributed by atoms with Gasteiger partial charge in [0.2, 0.25) is 15.9 Å². The number of nitrogens with zero attached hydrogens (tertiary/aromatic N) is 2. The zero-order valence-electron chi connectivity index (χ0n) is 13.3. The molecule has 0 spiro atoms. The highest BCUT2D eigenvalue weighted by Gasteiger charge is 2.35. The second kappa shape index (κ2) is 6.49. The number of benzene rings is 1. The smallest absolute Gasteiger partial charge is 0.243 e. The lowest BCUT2D eigenvalue weighted by Gasteiger charge is -2.22. The van der Waals surface area contributed by atoms with Crippen LogP contribution < -0.4 is 4.74 Å². The first-order chi connectivity index (χ1) is 11.0. The Morgan fingerprint density at radius 3 is 2.39 bits per heavy atom. The van der Waals surface area contributed by atoms with Crippen LogP contribution in [0.2, 0.25) is 0 Å². The van der Waals surface area contributed by atoms with Gasteiger partial charge in [-0.05, 0) is 43.5 Å². The Morgan fingerprint density at radius 1 is 1.09 bits per heavy atom. The molecule has 0 unspecified atom stereocenters. The van der Waals surface area contributed by atoms with E-state index in [9.17, 15) is 13.2 Å². The predicted octanol–water partition coefficient (Wildman–Crippen LogP) is 1.33. The molecule has 0 N–H and O–H groups in total. The quantitative estimate of drug-likeness (QED) is 0.831. The molecular formula is C16H22N2O4S. The van der Waals surface area contributed by atoms with E-state index in [1.54, 1.807) is 31.4 Å². The van der Waals surface area contributed by atoms with Gasteiger partial charge in [-0.3, -0.25) is 4.79 Å². The molecule has 1 aliphatic heterocycles. The van der Waals surface area contributed by atoms with Gasteiger partial charge >= 0.3 is 0 Å². The van der Waals surface area contributed by atoms with Gasteiger partial charge in [-0.15, -0.1) is 0 Å². The average molecular weight is 338 g/mol. The number of carbonyl (C=O) groups is 1. The number of methoxy groups -OCH3 is 1. The summed E-state index contributed by atoms with van der Waals surface area (Å²) < 4.78 is 32.0. The number of amides is 1. The third-order valence-electron chi connectivity index (χ3n) is 4.39. The van der Waals surface area contributed by atoms with Crippen LogP contribution in [0.3, 0.4) is 0 Å². The molecule has 1 aromatic rings. The molecule has 2 fully saturated rings. The van der Waals surface area contributed by atoms with E-state index in [0.717, 1.165) is 12.8 Å². The van der Waals surface area contributed by atoms with Crippen LogP contribution in [-0.2, 0) is 14.8 Å². The van der Waals surface area contributed by atoms with Crippen LogP contribution in [0.15, 0.2) is 29.2 Å². The largest absolute Gasteiger partial charge is 0.497 e. The summed E-state index contributed by atoms with van der Waals surface area (Å²) in [4.78, 5) is 14.2. The number of hydrogen-bond donors (Lipinski definition) is 0. The molecule has 23 heavy (non-hydrogen) atoms. The Balaban J connectivity index is 1.70. The van der Waals surface area contributed by atoms with Gasteiger partial charge in [-0.1, -0.05) is 0 Å². The van der Waals surface area contributed by atoms with E-state index in [-0.39, 0.29) is 16.7 Å². The van der Waals surface area contributed by atoms with E-state index in [2.05, 4.69) is 0 Å². The van der Waals surface area contributed by atoms with Crippen molar-refractivity contribution in [3.8, 4) is 5.75 Å². The van der Waals surface area contributed by atoms with E-state index < -0.39 is 10.0 Å². The van der Waals surface area contributed by atoms with Gasteiger partial charge in [0.1, 0.15) is 5.75 Å². The molecule has 126 valence electrons. The summed E-state index contributed by atoms with van der Waals surface area (Å²) in [5.74, 6) is 0.995. The maximum Gasteiger partial charge on any atom is 0.243 e. The Morgan fingerprint density at radius 2 is 1.78 bits per heavy atom. The van der Waals surface area contributed by atoms with Gasteiger partial charge < -0.3 is 9.64 Å². The molecule has 0 atom stereocenters. The standard InChI is InChI=1S/C16H22N2O4S/c1-22-14-5-7-15(8-6-14)23(20,21)18-10-2-9-17(11-12-18)16(19)13-3-4-13/h5-8,13H,2-4,9-12H2,1H3. The highest BCUT2D eigenvalue weighted by molar-refractivity contribution is 7.89. The summed E-state index contributed by atoms with van der Waals surface area (Å²) in [5, 5.41) is 0. The first-order valence-corrected chi connectivity index (χ1v) is 9.39. The van der Waals surface area contributed by atoms with Gasteiger partial charge in [0.15, 0.2) is 0 Å². The van der Waals surface area contributed by atoms with E-state index >= 15 is 0 Å². The minimum atomic E-state index is -3.52. The van der Waals surface area contributed by atoms with Crippen molar-refractivity contribution in [2.75, 3.05) is 33.3 Å². The summed E-state index contributed by atoms with van der Waals surface area (Å²) in [6, 6.07) is 6.42. The maximum atomic E-state index is 12.7. The fourth-order valence-corrected chi connectivity index (χ4v) is 4.31. The molecule has 1 aliphatic carbocycles. The monoisotopic (exact) mass is 338 g/mol. The lowest BCUT2D eigenvalue weighted by atomic mass is 10.3. The minimum absolute atomic E-state index is 0.180. The number of sulfonamides is 1. The summed E-state index contributed by atoms with van der Waals surface area (Å²) in [6.07, 6.45) is 2.63. The topological polar surface area (TPSA) is 66.9 Å². The third kappa shape index (κ3) is 3.50. The van der Waals surface area contributed by atoms with Crippen molar-refractivity contribution >= 4 is 15.9 Å². The van der Waals surface area contributed by atoms with Gasteiger partial charge in [0.25, 0.3) is 0 Å². The predicted molar refractivity (Wildman–Crippen MR) is 85.7 cm³/mol. The Bertz CT molecular complexity index is 668. The van der Waals surface area contributed by atoms with Crippen molar-refractivity contribution in [2.45, 2.75) is 24.2 Å². The zero-order chi connectivity index (χ0) is 16.4. The maximum absolute atomic E-state index is 12.7. The Kier molecular flexibility index (Phi) is 4.59. The van der Waals surface area contributed by atoms with Gasteiger partial charge in [0, 0.05) is 32.1 Å². The second-order valence-corrected chi connectivity index (χ2v) is 7.97. The molecule has 1 amide bonds. The summed E-state index contributed by atoms with van der Waals surface area (Å²) in [5.41, 5.74) is 0. The molecule has 2 aliphatic rings. The SMILES string of the molecule is COc1ccc(S(=O)(=O)N2CCCN(C(=O)C3CC3)CC2)cc1. The van der Waals surface area contributed by atoms with Crippen LogP contribution >= 0.6 is 0 Å². The fourth-order valence-electron chi connectivity index (χ4n) is 2.84. The summed E-state index contributed by atoms with van der Waals surface area (Å²) in [6.45, 7) is 1.92. The van der Waals surface area contributed by atoms with Crippen LogP contribution in [0.4, 0.5) is 0 Å². The zero-order valence-corrected chi connectivity index (χ0v) is 14.1.